The summed E-state index contributed by atoms with van der Waals surface area (Å²) in [5.41, 5.74) is -0.550. The van der Waals surface area contributed by atoms with Crippen LogP contribution in [0.5, 0.6) is 0 Å². The number of carbonyl (C=O) groups is 2. The van der Waals surface area contributed by atoms with E-state index >= 15 is 0 Å². The minimum atomic E-state index is -0.550. The zero-order valence-electron chi connectivity index (χ0n) is 11.4. The van der Waals surface area contributed by atoms with Crippen molar-refractivity contribution in [3.63, 3.8) is 0 Å². The maximum Gasteiger partial charge on any atom is 0.410 e. The molecule has 0 bridgehead atoms. The fourth-order valence-electron chi connectivity index (χ4n) is 1.66. The van der Waals surface area contributed by atoms with E-state index in [9.17, 15) is 9.59 Å². The minimum absolute atomic E-state index is 0.121. The van der Waals surface area contributed by atoms with E-state index in [2.05, 4.69) is 4.74 Å². The quantitative estimate of drug-likeness (QED) is 0.697. The lowest BCUT2D eigenvalue weighted by Crippen LogP contribution is -2.51. The maximum absolute atomic E-state index is 12.0. The van der Waals surface area contributed by atoms with Crippen LogP contribution >= 0.6 is 0 Å². The molecule has 18 heavy (non-hydrogen) atoms. The molecule has 0 N–H and O–H groups in total. The number of methoxy groups -OCH3 is 1. The van der Waals surface area contributed by atoms with Gasteiger partial charge in [0.15, 0.2) is 0 Å². The van der Waals surface area contributed by atoms with Gasteiger partial charge in [-0.1, -0.05) is 0 Å². The first-order chi connectivity index (χ1) is 8.33. The summed E-state index contributed by atoms with van der Waals surface area (Å²) in [4.78, 5) is 24.8. The predicted molar refractivity (Wildman–Crippen MR) is 64.2 cm³/mol. The van der Waals surface area contributed by atoms with Crippen LogP contribution in [-0.4, -0.2) is 55.5 Å². The van der Waals surface area contributed by atoms with Crippen LogP contribution < -0.4 is 0 Å². The topological polar surface area (TPSA) is 65.1 Å². The molecule has 1 fully saturated rings. The van der Waals surface area contributed by atoms with E-state index in [-0.39, 0.29) is 18.4 Å². The first-order valence-electron chi connectivity index (χ1n) is 5.97. The van der Waals surface area contributed by atoms with E-state index in [1.807, 2.05) is 0 Å². The molecule has 1 amide bonds. The lowest BCUT2D eigenvalue weighted by atomic mass is 10.1. The lowest BCUT2D eigenvalue weighted by Gasteiger charge is -2.36. The first-order valence-corrected chi connectivity index (χ1v) is 5.97. The van der Waals surface area contributed by atoms with E-state index in [4.69, 9.17) is 9.47 Å². The van der Waals surface area contributed by atoms with Gasteiger partial charge in [0.05, 0.1) is 32.8 Å². The molecule has 0 aromatic carbocycles. The van der Waals surface area contributed by atoms with Gasteiger partial charge in [-0.3, -0.25) is 9.69 Å². The van der Waals surface area contributed by atoms with Gasteiger partial charge >= 0.3 is 12.1 Å². The highest BCUT2D eigenvalue weighted by atomic mass is 16.6. The Labute approximate surface area is 107 Å². The van der Waals surface area contributed by atoms with Crippen molar-refractivity contribution in [3.05, 3.63) is 0 Å². The third-order valence-electron chi connectivity index (χ3n) is 2.49. The number of hydrogen-bond donors (Lipinski definition) is 0. The molecule has 1 unspecified atom stereocenters. The van der Waals surface area contributed by atoms with Gasteiger partial charge in [0, 0.05) is 6.54 Å². The van der Waals surface area contributed by atoms with Gasteiger partial charge in [0.1, 0.15) is 5.60 Å². The molecule has 1 aliphatic heterocycles. The van der Waals surface area contributed by atoms with Gasteiger partial charge in [0.25, 0.3) is 0 Å². The largest absolute Gasteiger partial charge is 0.469 e. The van der Waals surface area contributed by atoms with E-state index < -0.39 is 11.7 Å². The predicted octanol–water partition coefficient (Wildman–Crippen LogP) is 1.19. The second kappa shape index (κ2) is 6.04. The van der Waals surface area contributed by atoms with E-state index in [0.29, 0.717) is 19.8 Å². The Kier molecular flexibility index (Phi) is 4.95. The number of morpholine rings is 1. The average Bonchev–Trinajstić information content (AvgIpc) is 2.27. The summed E-state index contributed by atoms with van der Waals surface area (Å²) in [6.07, 6.45) is -0.296. The van der Waals surface area contributed by atoms with Crippen molar-refractivity contribution in [1.29, 1.82) is 0 Å². The fourth-order valence-corrected chi connectivity index (χ4v) is 1.66. The second-order valence-corrected chi connectivity index (χ2v) is 5.18. The first kappa shape index (κ1) is 14.8. The molecule has 104 valence electrons. The van der Waals surface area contributed by atoms with E-state index in [0.717, 1.165) is 0 Å². The summed E-state index contributed by atoms with van der Waals surface area (Å²) in [5.74, 6) is -0.362. The Hall–Kier alpha value is -1.30. The van der Waals surface area contributed by atoms with Gasteiger partial charge in [-0.2, -0.15) is 0 Å². The Balaban J connectivity index is 2.64. The van der Waals surface area contributed by atoms with Gasteiger partial charge in [0.2, 0.25) is 0 Å². The van der Waals surface area contributed by atoms with Crippen LogP contribution in [0.1, 0.15) is 27.2 Å². The molecule has 1 atom stereocenters. The molecule has 6 heteroatoms. The van der Waals surface area contributed by atoms with E-state index in [1.54, 1.807) is 20.8 Å². The third kappa shape index (κ3) is 4.52. The summed E-state index contributed by atoms with van der Waals surface area (Å²) >= 11 is 0. The van der Waals surface area contributed by atoms with Crippen LogP contribution in [0, 0.1) is 0 Å². The summed E-state index contributed by atoms with van der Waals surface area (Å²) in [5, 5.41) is 0. The Morgan fingerprint density at radius 1 is 1.39 bits per heavy atom. The number of nitrogens with zero attached hydrogens (tertiary/aromatic N) is 1. The molecule has 6 nitrogen and oxygen atoms in total. The number of amides is 1. The molecule has 1 rings (SSSR count). The minimum Gasteiger partial charge on any atom is -0.469 e. The van der Waals surface area contributed by atoms with E-state index in [1.165, 1.54) is 12.0 Å². The molecule has 0 spiro atoms. The van der Waals surface area contributed by atoms with Gasteiger partial charge < -0.3 is 14.2 Å². The molecule has 0 saturated carbocycles. The Morgan fingerprint density at radius 2 is 2.06 bits per heavy atom. The van der Waals surface area contributed by atoms with Crippen molar-refractivity contribution in [2.45, 2.75) is 38.8 Å². The molecule has 1 heterocycles. The summed E-state index contributed by atoms with van der Waals surface area (Å²) < 4.78 is 15.2. The Morgan fingerprint density at radius 3 is 2.61 bits per heavy atom. The second-order valence-electron chi connectivity index (χ2n) is 5.18. The molecule has 0 aromatic rings. The van der Waals surface area contributed by atoms with Crippen LogP contribution in [0.3, 0.4) is 0 Å². The van der Waals surface area contributed by atoms with Crippen LogP contribution in [-0.2, 0) is 19.0 Å². The van der Waals surface area contributed by atoms with Gasteiger partial charge in [-0.25, -0.2) is 4.79 Å². The molecular formula is C12H21NO5. The zero-order chi connectivity index (χ0) is 13.8. The molecule has 1 saturated heterocycles. The number of rotatable bonds is 2. The van der Waals surface area contributed by atoms with Crippen molar-refractivity contribution in [3.8, 4) is 0 Å². The monoisotopic (exact) mass is 259 g/mol. The highest BCUT2D eigenvalue weighted by Gasteiger charge is 2.32. The highest BCUT2D eigenvalue weighted by molar-refractivity contribution is 5.73. The van der Waals surface area contributed by atoms with Crippen molar-refractivity contribution in [2.24, 2.45) is 0 Å². The molecule has 1 aliphatic rings. The summed E-state index contributed by atoms with van der Waals surface area (Å²) in [7, 11) is 1.32. The van der Waals surface area contributed by atoms with Crippen LogP contribution in [0.15, 0.2) is 0 Å². The SMILES string of the molecule is COC(=O)CC1COCCN1C(=O)OC(C)(C)C. The summed E-state index contributed by atoms with van der Waals surface area (Å²) in [6.45, 7) is 6.63. The molecule has 0 aromatic heterocycles. The molecule has 0 radical (unpaired) electrons. The number of esters is 1. The van der Waals surface area contributed by atoms with Crippen LogP contribution in [0.25, 0.3) is 0 Å². The smallest absolute Gasteiger partial charge is 0.410 e. The molecule has 0 aliphatic carbocycles. The van der Waals surface area contributed by atoms with Gasteiger partial charge in [-0.15, -0.1) is 0 Å². The normalized spacial score (nSPS) is 20.4. The fraction of sp³-hybridized carbons (Fsp3) is 0.833. The van der Waals surface area contributed by atoms with Crippen LogP contribution in [0.4, 0.5) is 4.79 Å². The zero-order valence-corrected chi connectivity index (χ0v) is 11.4. The lowest BCUT2D eigenvalue weighted by molar-refractivity contribution is -0.143. The highest BCUT2D eigenvalue weighted by Crippen LogP contribution is 2.16. The maximum atomic E-state index is 12.0. The number of hydrogen-bond acceptors (Lipinski definition) is 5. The van der Waals surface area contributed by atoms with Crippen LogP contribution in [0.2, 0.25) is 0 Å². The molecular weight excluding hydrogens is 238 g/mol. The van der Waals surface area contributed by atoms with Crippen molar-refractivity contribution < 1.29 is 23.8 Å². The van der Waals surface area contributed by atoms with Crippen molar-refractivity contribution >= 4 is 12.1 Å². The summed E-state index contributed by atoms with van der Waals surface area (Å²) in [6, 6.07) is -0.318. The van der Waals surface area contributed by atoms with Gasteiger partial charge in [-0.05, 0) is 20.8 Å². The average molecular weight is 259 g/mol. The number of ether oxygens (including phenoxy) is 3. The number of carbonyl (C=O) groups excluding carboxylic acids is 2. The third-order valence-corrected chi connectivity index (χ3v) is 2.49. The Bertz CT molecular complexity index is 310. The van der Waals surface area contributed by atoms with Crippen molar-refractivity contribution in [1.82, 2.24) is 4.90 Å². The van der Waals surface area contributed by atoms with Crippen molar-refractivity contribution in [2.75, 3.05) is 26.9 Å². The standard InChI is InChI=1S/C12H21NO5/c1-12(2,3)18-11(15)13-5-6-17-8-9(13)7-10(14)16-4/h9H,5-8H2,1-4H3.